The minimum Gasteiger partial charge on any atom is -0.481 e. The Morgan fingerprint density at radius 3 is 3.05 bits per heavy atom. The first-order valence-corrected chi connectivity index (χ1v) is 7.70. The smallest absolute Gasteiger partial charge is 0.303 e. The van der Waals surface area contributed by atoms with E-state index in [0.717, 1.165) is 5.75 Å². The number of nitrogens with one attached hydrogen (secondary N) is 1. The number of amides is 1. The largest absolute Gasteiger partial charge is 0.481 e. The SMILES string of the molecule is CC(CCC(=O)O)CNC(=O)c1cnc2n(c1=O)CCS2. The van der Waals surface area contributed by atoms with Crippen LogP contribution in [0.1, 0.15) is 30.1 Å². The summed E-state index contributed by atoms with van der Waals surface area (Å²) in [6.45, 7) is 2.76. The second kappa shape index (κ2) is 6.75. The number of carboxylic acid groups (broad SMARTS) is 1. The topological polar surface area (TPSA) is 101 Å². The van der Waals surface area contributed by atoms with Crippen LogP contribution in [0.15, 0.2) is 16.1 Å². The quantitative estimate of drug-likeness (QED) is 0.745. The van der Waals surface area contributed by atoms with Crippen LogP contribution in [0.4, 0.5) is 0 Å². The molecule has 1 aliphatic rings. The van der Waals surface area contributed by atoms with Gasteiger partial charge in [-0.15, -0.1) is 0 Å². The van der Waals surface area contributed by atoms with Gasteiger partial charge in [0.1, 0.15) is 5.56 Å². The third-order valence-corrected chi connectivity index (χ3v) is 4.23. The van der Waals surface area contributed by atoms with E-state index >= 15 is 0 Å². The van der Waals surface area contributed by atoms with Gasteiger partial charge < -0.3 is 10.4 Å². The zero-order valence-electron chi connectivity index (χ0n) is 11.7. The van der Waals surface area contributed by atoms with Crippen LogP contribution in [0.25, 0.3) is 0 Å². The van der Waals surface area contributed by atoms with Crippen LogP contribution in [-0.2, 0) is 11.3 Å². The van der Waals surface area contributed by atoms with Gasteiger partial charge in [0.25, 0.3) is 11.5 Å². The van der Waals surface area contributed by atoms with Gasteiger partial charge in [-0.2, -0.15) is 0 Å². The highest BCUT2D eigenvalue weighted by molar-refractivity contribution is 7.99. The summed E-state index contributed by atoms with van der Waals surface area (Å²) in [7, 11) is 0. The molecule has 8 heteroatoms. The minimum atomic E-state index is -0.855. The number of fused-ring (bicyclic) bond motifs is 1. The Balaban J connectivity index is 1.95. The van der Waals surface area contributed by atoms with E-state index in [1.54, 1.807) is 0 Å². The lowest BCUT2D eigenvalue weighted by molar-refractivity contribution is -0.137. The van der Waals surface area contributed by atoms with Crippen molar-refractivity contribution in [2.75, 3.05) is 12.3 Å². The van der Waals surface area contributed by atoms with Crippen LogP contribution in [0, 0.1) is 5.92 Å². The number of carbonyl (C=O) groups excluding carboxylic acids is 1. The van der Waals surface area contributed by atoms with Crippen LogP contribution in [0.5, 0.6) is 0 Å². The molecule has 114 valence electrons. The Morgan fingerprint density at radius 1 is 1.57 bits per heavy atom. The maximum Gasteiger partial charge on any atom is 0.303 e. The molecule has 1 unspecified atom stereocenters. The van der Waals surface area contributed by atoms with E-state index in [1.165, 1.54) is 22.5 Å². The third-order valence-electron chi connectivity index (χ3n) is 3.26. The van der Waals surface area contributed by atoms with E-state index in [2.05, 4.69) is 10.3 Å². The summed E-state index contributed by atoms with van der Waals surface area (Å²) in [5.41, 5.74) is -0.285. The maximum atomic E-state index is 12.1. The molecular weight excluding hydrogens is 294 g/mol. The second-order valence-corrected chi connectivity index (χ2v) is 6.07. The van der Waals surface area contributed by atoms with Crippen LogP contribution in [0.2, 0.25) is 0 Å². The summed E-state index contributed by atoms with van der Waals surface area (Å²) in [5, 5.41) is 11.9. The summed E-state index contributed by atoms with van der Waals surface area (Å²) in [4.78, 5) is 38.7. The Morgan fingerprint density at radius 2 is 2.33 bits per heavy atom. The zero-order chi connectivity index (χ0) is 15.4. The van der Waals surface area contributed by atoms with E-state index in [9.17, 15) is 14.4 Å². The van der Waals surface area contributed by atoms with Gasteiger partial charge in [0.05, 0.1) is 0 Å². The second-order valence-electron chi connectivity index (χ2n) is 5.01. The fourth-order valence-electron chi connectivity index (χ4n) is 2.01. The summed E-state index contributed by atoms with van der Waals surface area (Å²) in [6, 6.07) is 0. The van der Waals surface area contributed by atoms with Crippen molar-refractivity contribution in [2.45, 2.75) is 31.5 Å². The van der Waals surface area contributed by atoms with Crippen molar-refractivity contribution >= 4 is 23.6 Å². The third kappa shape index (κ3) is 3.84. The fourth-order valence-corrected chi connectivity index (χ4v) is 2.92. The van der Waals surface area contributed by atoms with Crippen molar-refractivity contribution < 1.29 is 14.7 Å². The normalized spacial score (nSPS) is 14.5. The number of hydrogen-bond acceptors (Lipinski definition) is 5. The van der Waals surface area contributed by atoms with E-state index in [0.29, 0.717) is 24.7 Å². The van der Waals surface area contributed by atoms with E-state index in [-0.39, 0.29) is 23.5 Å². The molecule has 21 heavy (non-hydrogen) atoms. The van der Waals surface area contributed by atoms with Gasteiger partial charge in [-0.05, 0) is 12.3 Å². The molecule has 1 aromatic rings. The summed E-state index contributed by atoms with van der Waals surface area (Å²) in [5.74, 6) is -0.487. The minimum absolute atomic E-state index is 0.0331. The first-order chi connectivity index (χ1) is 9.99. The molecule has 0 saturated carbocycles. The highest BCUT2D eigenvalue weighted by Gasteiger charge is 2.20. The average molecular weight is 311 g/mol. The number of nitrogens with zero attached hydrogens (tertiary/aromatic N) is 2. The molecule has 1 aromatic heterocycles. The highest BCUT2D eigenvalue weighted by Crippen LogP contribution is 2.20. The molecule has 2 rings (SSSR count). The van der Waals surface area contributed by atoms with Crippen LogP contribution >= 0.6 is 11.8 Å². The van der Waals surface area contributed by atoms with Gasteiger partial charge in [-0.3, -0.25) is 19.0 Å². The Kier molecular flexibility index (Phi) is 5.00. The van der Waals surface area contributed by atoms with Crippen molar-refractivity contribution in [3.8, 4) is 0 Å². The summed E-state index contributed by atoms with van der Waals surface area (Å²) < 4.78 is 1.51. The summed E-state index contributed by atoms with van der Waals surface area (Å²) >= 11 is 1.49. The molecule has 0 spiro atoms. The predicted molar refractivity (Wildman–Crippen MR) is 77.6 cm³/mol. The van der Waals surface area contributed by atoms with E-state index < -0.39 is 11.9 Å². The van der Waals surface area contributed by atoms with Crippen molar-refractivity contribution in [3.63, 3.8) is 0 Å². The number of aromatic nitrogens is 2. The lowest BCUT2D eigenvalue weighted by Crippen LogP contribution is -2.35. The first-order valence-electron chi connectivity index (χ1n) is 6.71. The van der Waals surface area contributed by atoms with Crippen molar-refractivity contribution in [2.24, 2.45) is 5.92 Å². The van der Waals surface area contributed by atoms with Gasteiger partial charge in [-0.25, -0.2) is 4.98 Å². The highest BCUT2D eigenvalue weighted by atomic mass is 32.2. The standard InChI is InChI=1S/C13H17N3O4S/c1-8(2-3-10(17)18)6-14-11(19)9-7-15-13-16(12(9)20)4-5-21-13/h7-8H,2-6H2,1H3,(H,14,19)(H,17,18). The molecule has 0 aliphatic carbocycles. The van der Waals surface area contributed by atoms with Crippen molar-refractivity contribution in [1.82, 2.24) is 14.9 Å². The molecule has 0 aromatic carbocycles. The lowest BCUT2D eigenvalue weighted by atomic mass is 10.1. The average Bonchev–Trinajstić information content (AvgIpc) is 2.92. The first kappa shape index (κ1) is 15.6. The Bertz CT molecular complexity index is 614. The number of carboxylic acids is 1. The molecule has 0 saturated heterocycles. The maximum absolute atomic E-state index is 12.1. The van der Waals surface area contributed by atoms with Gasteiger partial charge in [0.2, 0.25) is 0 Å². The number of rotatable bonds is 6. The van der Waals surface area contributed by atoms with E-state index in [1.807, 2.05) is 6.92 Å². The number of carbonyl (C=O) groups is 2. The van der Waals surface area contributed by atoms with Gasteiger partial charge >= 0.3 is 5.97 Å². The van der Waals surface area contributed by atoms with Crippen LogP contribution in [-0.4, -0.2) is 38.8 Å². The molecule has 1 amide bonds. The van der Waals surface area contributed by atoms with Gasteiger partial charge in [-0.1, -0.05) is 18.7 Å². The number of aliphatic carboxylic acids is 1. The van der Waals surface area contributed by atoms with Crippen molar-refractivity contribution in [3.05, 3.63) is 22.1 Å². The van der Waals surface area contributed by atoms with E-state index in [4.69, 9.17) is 5.11 Å². The lowest BCUT2D eigenvalue weighted by Gasteiger charge is -2.11. The molecule has 0 bridgehead atoms. The van der Waals surface area contributed by atoms with Gasteiger partial charge in [0.15, 0.2) is 5.16 Å². The molecule has 0 radical (unpaired) electrons. The van der Waals surface area contributed by atoms with Crippen LogP contribution < -0.4 is 10.9 Å². The predicted octanol–water partition coefficient (Wildman–Crippen LogP) is 0.580. The number of thioether (sulfide) groups is 1. The van der Waals surface area contributed by atoms with Crippen LogP contribution in [0.3, 0.4) is 0 Å². The molecular formula is C13H17N3O4S. The number of hydrogen-bond donors (Lipinski definition) is 2. The monoisotopic (exact) mass is 311 g/mol. The fraction of sp³-hybridized carbons (Fsp3) is 0.538. The van der Waals surface area contributed by atoms with Crippen molar-refractivity contribution in [1.29, 1.82) is 0 Å². The molecule has 2 N–H and O–H groups in total. The molecule has 7 nitrogen and oxygen atoms in total. The summed E-state index contributed by atoms with van der Waals surface area (Å²) in [6.07, 6.45) is 1.86. The Hall–Kier alpha value is -1.83. The molecule has 1 atom stereocenters. The Labute approximate surface area is 125 Å². The molecule has 1 aliphatic heterocycles. The zero-order valence-corrected chi connectivity index (χ0v) is 12.5. The molecule has 0 fully saturated rings. The molecule has 2 heterocycles. The van der Waals surface area contributed by atoms with Gasteiger partial charge in [0, 0.05) is 31.5 Å².